The van der Waals surface area contributed by atoms with E-state index in [0.717, 1.165) is 49.7 Å². The molecule has 2 aromatic rings. The molecule has 0 spiro atoms. The molecule has 0 amide bonds. The summed E-state index contributed by atoms with van der Waals surface area (Å²) in [7, 11) is 0. The summed E-state index contributed by atoms with van der Waals surface area (Å²) in [4.78, 5) is 2.32. The van der Waals surface area contributed by atoms with Gasteiger partial charge in [0.05, 0.1) is 23.6 Å². The zero-order chi connectivity index (χ0) is 18.6. The molecule has 5 heteroatoms. The Morgan fingerprint density at radius 3 is 2.59 bits per heavy atom. The van der Waals surface area contributed by atoms with Crippen LogP contribution in [-0.2, 0) is 14.9 Å². The van der Waals surface area contributed by atoms with E-state index < -0.39 is 0 Å². The van der Waals surface area contributed by atoms with Gasteiger partial charge < -0.3 is 14.4 Å². The minimum absolute atomic E-state index is 0.0179. The maximum absolute atomic E-state index is 6.19. The summed E-state index contributed by atoms with van der Waals surface area (Å²) in [5, 5.41) is 5.12. The fraction of sp³-hybridized carbons (Fsp3) is 0.500. The Bertz CT molecular complexity index is 873. The second kappa shape index (κ2) is 6.21. The van der Waals surface area contributed by atoms with Crippen LogP contribution in [0.5, 0.6) is 0 Å². The van der Waals surface area contributed by atoms with E-state index in [-0.39, 0.29) is 17.7 Å². The fourth-order valence-corrected chi connectivity index (χ4v) is 4.39. The van der Waals surface area contributed by atoms with E-state index in [1.54, 1.807) is 0 Å². The molecule has 1 aromatic carbocycles. The van der Waals surface area contributed by atoms with Crippen LogP contribution < -0.4 is 4.90 Å². The Morgan fingerprint density at radius 2 is 1.89 bits per heavy atom. The summed E-state index contributed by atoms with van der Waals surface area (Å²) < 4.78 is 14.4. The maximum Gasteiger partial charge on any atom is 0.144 e. The van der Waals surface area contributed by atoms with Gasteiger partial charge in [0.15, 0.2) is 0 Å². The molecule has 27 heavy (non-hydrogen) atoms. The van der Waals surface area contributed by atoms with Crippen LogP contribution in [0.15, 0.2) is 42.1 Å². The van der Waals surface area contributed by atoms with Crippen molar-refractivity contribution in [1.82, 2.24) is 9.78 Å². The van der Waals surface area contributed by atoms with Crippen LogP contribution >= 0.6 is 0 Å². The third kappa shape index (κ3) is 2.72. The molecule has 3 aliphatic rings. The average molecular weight is 365 g/mol. The lowest BCUT2D eigenvalue weighted by Crippen LogP contribution is -2.35. The normalized spacial score (nSPS) is 24.7. The van der Waals surface area contributed by atoms with E-state index in [1.807, 2.05) is 6.07 Å². The highest BCUT2D eigenvalue weighted by atomic mass is 16.5. The van der Waals surface area contributed by atoms with Crippen LogP contribution in [0.4, 0.5) is 5.82 Å². The van der Waals surface area contributed by atoms with Crippen molar-refractivity contribution in [3.63, 3.8) is 0 Å². The Balaban J connectivity index is 1.76. The van der Waals surface area contributed by atoms with Gasteiger partial charge in [0.1, 0.15) is 18.1 Å². The Kier molecular flexibility index (Phi) is 3.92. The van der Waals surface area contributed by atoms with E-state index in [0.29, 0.717) is 0 Å². The molecule has 5 nitrogen and oxygen atoms in total. The van der Waals surface area contributed by atoms with Crippen LogP contribution in [0.2, 0.25) is 0 Å². The summed E-state index contributed by atoms with van der Waals surface area (Å²) in [6, 6.07) is 10.4. The minimum atomic E-state index is -0.0687. The summed E-state index contributed by atoms with van der Waals surface area (Å²) in [5.41, 5.74) is 4.68. The average Bonchev–Trinajstić information content (AvgIpc) is 3.39. The highest BCUT2D eigenvalue weighted by molar-refractivity contribution is 5.64. The number of hydrogen-bond donors (Lipinski definition) is 0. The highest BCUT2D eigenvalue weighted by Gasteiger charge is 2.42. The van der Waals surface area contributed by atoms with Gasteiger partial charge in [-0.05, 0) is 37.0 Å². The predicted octanol–water partition coefficient (Wildman–Crippen LogP) is 4.47. The van der Waals surface area contributed by atoms with Gasteiger partial charge in [0, 0.05) is 18.2 Å². The summed E-state index contributed by atoms with van der Waals surface area (Å²) in [6.07, 6.45) is 5.48. The number of rotatable bonds is 2. The van der Waals surface area contributed by atoms with Gasteiger partial charge in [-0.2, -0.15) is 5.10 Å². The van der Waals surface area contributed by atoms with Gasteiger partial charge in [0.25, 0.3) is 0 Å². The van der Waals surface area contributed by atoms with Crippen LogP contribution in [0.1, 0.15) is 57.4 Å². The van der Waals surface area contributed by atoms with Crippen LogP contribution in [0.25, 0.3) is 5.69 Å². The molecule has 0 aliphatic carbocycles. The van der Waals surface area contributed by atoms with E-state index in [1.165, 1.54) is 11.1 Å². The summed E-state index contributed by atoms with van der Waals surface area (Å²) in [5.74, 6) is 1.11. The molecule has 142 valence electrons. The largest absolute Gasteiger partial charge is 0.369 e. The number of hydrogen-bond acceptors (Lipinski definition) is 4. The van der Waals surface area contributed by atoms with Crippen molar-refractivity contribution >= 4 is 5.82 Å². The Labute approximate surface area is 160 Å². The SMILES string of the molecule is CC(C)(C)c1nn(-c2ccccc2)c2c1C1OCCC1=CN2C1CCCO1. The Hall–Kier alpha value is -2.11. The van der Waals surface area contributed by atoms with E-state index in [4.69, 9.17) is 14.6 Å². The van der Waals surface area contributed by atoms with Crippen molar-refractivity contribution in [2.24, 2.45) is 0 Å². The molecule has 1 aromatic heterocycles. The number of aromatic nitrogens is 2. The first-order chi connectivity index (χ1) is 13.0. The molecule has 5 rings (SSSR count). The van der Waals surface area contributed by atoms with Crippen molar-refractivity contribution in [3.05, 3.63) is 53.4 Å². The van der Waals surface area contributed by atoms with E-state index >= 15 is 0 Å². The second-order valence-corrected chi connectivity index (χ2v) is 8.66. The van der Waals surface area contributed by atoms with Gasteiger partial charge in [-0.3, -0.25) is 0 Å². The smallest absolute Gasteiger partial charge is 0.144 e. The molecule has 0 bridgehead atoms. The topological polar surface area (TPSA) is 39.5 Å². The first kappa shape index (κ1) is 17.0. The zero-order valence-corrected chi connectivity index (χ0v) is 16.3. The molecule has 0 radical (unpaired) electrons. The lowest BCUT2D eigenvalue weighted by atomic mass is 9.85. The third-order valence-electron chi connectivity index (χ3n) is 5.65. The molecule has 2 atom stereocenters. The second-order valence-electron chi connectivity index (χ2n) is 8.66. The fourth-order valence-electron chi connectivity index (χ4n) is 4.39. The lowest BCUT2D eigenvalue weighted by Gasteiger charge is -2.34. The molecule has 4 heterocycles. The number of benzene rings is 1. The monoisotopic (exact) mass is 365 g/mol. The van der Waals surface area contributed by atoms with Gasteiger partial charge in [-0.25, -0.2) is 4.68 Å². The molecule has 2 saturated heterocycles. The molecular weight excluding hydrogens is 338 g/mol. The quantitative estimate of drug-likeness (QED) is 0.787. The third-order valence-corrected chi connectivity index (χ3v) is 5.65. The molecule has 3 aliphatic heterocycles. The first-order valence-electron chi connectivity index (χ1n) is 9.95. The highest BCUT2D eigenvalue weighted by Crippen LogP contribution is 2.49. The standard InChI is InChI=1S/C22H27N3O2/c1-22(2,3)20-18-19-15(11-13-27-19)14-24(17-10-7-12-26-17)21(18)25(23-20)16-8-5-4-6-9-16/h4-6,8-9,14,17,19H,7,10-13H2,1-3H3. The lowest BCUT2D eigenvalue weighted by molar-refractivity contribution is 0.106. The predicted molar refractivity (Wildman–Crippen MR) is 105 cm³/mol. The first-order valence-corrected chi connectivity index (χ1v) is 9.95. The molecule has 0 N–H and O–H groups in total. The van der Waals surface area contributed by atoms with Gasteiger partial charge >= 0.3 is 0 Å². The molecular formula is C22H27N3O2. The molecule has 2 fully saturated rings. The van der Waals surface area contributed by atoms with E-state index in [2.05, 4.69) is 60.8 Å². The van der Waals surface area contributed by atoms with Gasteiger partial charge in [0.2, 0.25) is 0 Å². The zero-order valence-electron chi connectivity index (χ0n) is 16.3. The van der Waals surface area contributed by atoms with Crippen molar-refractivity contribution in [3.8, 4) is 5.69 Å². The van der Waals surface area contributed by atoms with Crippen molar-refractivity contribution in [1.29, 1.82) is 0 Å². The number of anilines is 1. The molecule has 2 unspecified atom stereocenters. The number of ether oxygens (including phenoxy) is 2. The van der Waals surface area contributed by atoms with Crippen LogP contribution in [0.3, 0.4) is 0 Å². The maximum atomic E-state index is 6.19. The minimum Gasteiger partial charge on any atom is -0.369 e. The molecule has 0 saturated carbocycles. The van der Waals surface area contributed by atoms with Crippen LogP contribution in [-0.4, -0.2) is 29.2 Å². The summed E-state index contributed by atoms with van der Waals surface area (Å²) in [6.45, 7) is 8.29. The number of para-hydroxylation sites is 1. The van der Waals surface area contributed by atoms with E-state index in [9.17, 15) is 0 Å². The van der Waals surface area contributed by atoms with Gasteiger partial charge in [-0.1, -0.05) is 39.0 Å². The van der Waals surface area contributed by atoms with Crippen LogP contribution in [0, 0.1) is 0 Å². The van der Waals surface area contributed by atoms with Crippen molar-refractivity contribution < 1.29 is 9.47 Å². The van der Waals surface area contributed by atoms with Crippen molar-refractivity contribution in [2.45, 2.75) is 57.8 Å². The van der Waals surface area contributed by atoms with Crippen molar-refractivity contribution in [2.75, 3.05) is 18.1 Å². The number of nitrogens with zero attached hydrogens (tertiary/aromatic N) is 3. The number of fused-ring (bicyclic) bond motifs is 3. The Morgan fingerprint density at radius 1 is 1.07 bits per heavy atom. The summed E-state index contributed by atoms with van der Waals surface area (Å²) >= 11 is 0. The van der Waals surface area contributed by atoms with Gasteiger partial charge in [-0.15, -0.1) is 0 Å².